The predicted molar refractivity (Wildman–Crippen MR) is 99.6 cm³/mol. The van der Waals surface area contributed by atoms with Crippen molar-refractivity contribution in [3.63, 3.8) is 0 Å². The molecule has 1 aromatic carbocycles. The van der Waals surface area contributed by atoms with E-state index in [1.54, 1.807) is 0 Å². The second-order valence-electron chi connectivity index (χ2n) is 9.18. The van der Waals surface area contributed by atoms with Crippen molar-refractivity contribution in [1.29, 1.82) is 0 Å². The molecule has 0 bridgehead atoms. The molecular weight excluding hydrogens is 336 g/mol. The lowest BCUT2D eigenvalue weighted by atomic mass is 9.88. The Morgan fingerprint density at radius 3 is 1.38 bits per heavy atom. The van der Waals surface area contributed by atoms with Gasteiger partial charge >= 0.3 is 0 Å². The van der Waals surface area contributed by atoms with Crippen LogP contribution in [0, 0.1) is 0 Å². The van der Waals surface area contributed by atoms with Gasteiger partial charge in [-0.2, -0.15) is 9.78 Å². The standard InChI is InChI=1S/C20H32O6/c1-11(2)13-14(12(3)4)16(23-25-19(5,6)7)18(17-15(13)21-22-17)24-26-20(8,9)10/h11-12H,1-10H3. The molecule has 0 atom stereocenters. The van der Waals surface area contributed by atoms with E-state index in [1.165, 1.54) is 0 Å². The third-order valence-electron chi connectivity index (χ3n) is 3.51. The van der Waals surface area contributed by atoms with Crippen LogP contribution in [0.5, 0.6) is 11.5 Å². The first-order valence-corrected chi connectivity index (χ1v) is 9.11. The van der Waals surface area contributed by atoms with Crippen molar-refractivity contribution < 1.29 is 28.7 Å². The summed E-state index contributed by atoms with van der Waals surface area (Å²) in [5.41, 5.74) is 2.12. The summed E-state index contributed by atoms with van der Waals surface area (Å²) < 4.78 is 10.5. The highest BCUT2D eigenvalue weighted by atomic mass is 17.2. The normalized spacial score (nSPS) is 13.2. The van der Waals surface area contributed by atoms with E-state index in [1.807, 2.05) is 41.5 Å². The molecule has 0 aliphatic heterocycles. The maximum absolute atomic E-state index is 5.78. The van der Waals surface area contributed by atoms with Crippen LogP contribution >= 0.6 is 0 Å². The Labute approximate surface area is 155 Å². The molecule has 0 unspecified atom stereocenters. The molecule has 0 aliphatic carbocycles. The Hall–Kier alpha value is -1.66. The molecule has 6 nitrogen and oxygen atoms in total. The Morgan fingerprint density at radius 1 is 0.615 bits per heavy atom. The Kier molecular flexibility index (Phi) is 5.69. The van der Waals surface area contributed by atoms with Crippen molar-refractivity contribution in [3.8, 4) is 11.5 Å². The van der Waals surface area contributed by atoms with Gasteiger partial charge in [-0.1, -0.05) is 27.7 Å². The molecule has 148 valence electrons. The minimum absolute atomic E-state index is 0.150. The van der Waals surface area contributed by atoms with E-state index < -0.39 is 11.2 Å². The van der Waals surface area contributed by atoms with Gasteiger partial charge < -0.3 is 9.78 Å². The Morgan fingerprint density at radius 2 is 1.04 bits per heavy atom. The number of rotatable bonds is 6. The van der Waals surface area contributed by atoms with Gasteiger partial charge in [0.1, 0.15) is 11.2 Å². The molecule has 0 radical (unpaired) electrons. The SMILES string of the molecule is CC(C)c1c(OOC(C)(C)C)c(OOC(C)(C)C)c2ooc2c1C(C)C. The minimum atomic E-state index is -0.506. The molecule has 0 spiro atoms. The van der Waals surface area contributed by atoms with Gasteiger partial charge in [-0.15, -0.1) is 0 Å². The fourth-order valence-electron chi connectivity index (χ4n) is 2.54. The van der Waals surface area contributed by atoms with Crippen LogP contribution in [-0.2, 0) is 9.78 Å². The van der Waals surface area contributed by atoms with E-state index in [0.29, 0.717) is 22.7 Å². The maximum atomic E-state index is 5.78. The van der Waals surface area contributed by atoms with E-state index in [9.17, 15) is 0 Å². The summed E-state index contributed by atoms with van der Waals surface area (Å²) in [6.45, 7) is 19.8. The molecule has 0 aliphatic rings. The zero-order chi connectivity index (χ0) is 19.9. The summed E-state index contributed by atoms with van der Waals surface area (Å²) in [6, 6.07) is 0. The van der Waals surface area contributed by atoms with Crippen LogP contribution in [0.4, 0.5) is 0 Å². The first kappa shape index (κ1) is 20.6. The number of hydrogen-bond donors (Lipinski definition) is 0. The van der Waals surface area contributed by atoms with Crippen LogP contribution in [0.2, 0.25) is 0 Å². The highest BCUT2D eigenvalue weighted by molar-refractivity contribution is 5.87. The summed E-state index contributed by atoms with van der Waals surface area (Å²) in [4.78, 5) is 22.5. The molecule has 1 heterocycles. The summed E-state index contributed by atoms with van der Waals surface area (Å²) in [5, 5.41) is 0. The fraction of sp³-hybridized carbons (Fsp3) is 0.700. The largest absolute Gasteiger partial charge is 0.332 e. The van der Waals surface area contributed by atoms with Gasteiger partial charge in [-0.25, -0.2) is 0 Å². The van der Waals surface area contributed by atoms with E-state index in [-0.39, 0.29) is 11.8 Å². The summed E-state index contributed by atoms with van der Waals surface area (Å²) >= 11 is 0. The minimum Gasteiger partial charge on any atom is -0.332 e. The van der Waals surface area contributed by atoms with Crippen molar-refractivity contribution in [2.45, 2.75) is 92.3 Å². The smallest absolute Gasteiger partial charge is 0.275 e. The average molecular weight is 368 g/mol. The lowest BCUT2D eigenvalue weighted by molar-refractivity contribution is -0.292. The van der Waals surface area contributed by atoms with Crippen molar-refractivity contribution in [1.82, 2.24) is 0 Å². The molecule has 0 saturated carbocycles. The molecule has 6 heteroatoms. The number of hydrogen-bond acceptors (Lipinski definition) is 6. The van der Waals surface area contributed by atoms with Crippen LogP contribution < -0.4 is 9.78 Å². The van der Waals surface area contributed by atoms with Crippen LogP contribution in [0.3, 0.4) is 0 Å². The molecule has 2 aromatic rings. The van der Waals surface area contributed by atoms with Gasteiger partial charge in [0, 0.05) is 11.1 Å². The third-order valence-corrected chi connectivity index (χ3v) is 3.51. The zero-order valence-electron chi connectivity index (χ0n) is 17.6. The van der Waals surface area contributed by atoms with E-state index in [2.05, 4.69) is 27.7 Å². The van der Waals surface area contributed by atoms with Gasteiger partial charge in [-0.3, -0.25) is 9.15 Å². The zero-order valence-corrected chi connectivity index (χ0v) is 17.6. The molecule has 0 amide bonds. The van der Waals surface area contributed by atoms with Crippen LogP contribution in [-0.4, -0.2) is 11.2 Å². The van der Waals surface area contributed by atoms with Gasteiger partial charge in [0.25, 0.3) is 11.3 Å². The van der Waals surface area contributed by atoms with Crippen LogP contribution in [0.15, 0.2) is 9.15 Å². The monoisotopic (exact) mass is 368 g/mol. The van der Waals surface area contributed by atoms with Crippen LogP contribution in [0.25, 0.3) is 11.2 Å². The fourth-order valence-corrected chi connectivity index (χ4v) is 2.54. The van der Waals surface area contributed by atoms with Crippen LogP contribution in [0.1, 0.15) is 92.2 Å². The Bertz CT molecular complexity index is 737. The summed E-state index contributed by atoms with van der Waals surface area (Å²) in [5.74, 6) is 1.15. The topological polar surface area (TPSA) is 63.2 Å². The lowest BCUT2D eigenvalue weighted by Crippen LogP contribution is -2.24. The first-order valence-electron chi connectivity index (χ1n) is 9.11. The molecule has 1 aromatic heterocycles. The van der Waals surface area contributed by atoms with Crippen molar-refractivity contribution in [3.05, 3.63) is 11.1 Å². The second-order valence-corrected chi connectivity index (χ2v) is 9.18. The molecule has 2 rings (SSSR count). The average Bonchev–Trinajstić information content (AvgIpc) is 2.41. The number of fused-ring (bicyclic) bond motifs is 1. The maximum Gasteiger partial charge on any atom is 0.275 e. The molecule has 0 N–H and O–H groups in total. The quantitative estimate of drug-likeness (QED) is 0.429. The van der Waals surface area contributed by atoms with E-state index in [0.717, 1.165) is 11.1 Å². The first-order chi connectivity index (χ1) is 11.8. The van der Waals surface area contributed by atoms with E-state index >= 15 is 0 Å². The van der Waals surface area contributed by atoms with Crippen molar-refractivity contribution in [2.24, 2.45) is 0 Å². The molecule has 0 fully saturated rings. The predicted octanol–water partition coefficient (Wildman–Crippen LogP) is 6.49. The summed E-state index contributed by atoms with van der Waals surface area (Å²) in [6.07, 6.45) is 0. The van der Waals surface area contributed by atoms with Gasteiger partial charge in [-0.05, 0) is 53.4 Å². The Balaban J connectivity index is 2.64. The second kappa shape index (κ2) is 7.16. The van der Waals surface area contributed by atoms with Crippen molar-refractivity contribution in [2.75, 3.05) is 0 Å². The van der Waals surface area contributed by atoms with Crippen molar-refractivity contribution >= 4 is 11.2 Å². The highest BCUT2D eigenvalue weighted by Crippen LogP contribution is 2.49. The third kappa shape index (κ3) is 4.54. The number of benzene rings is 1. The molecular formula is C20H32O6. The molecule has 0 saturated heterocycles. The summed E-state index contributed by atoms with van der Waals surface area (Å²) in [7, 11) is 0. The van der Waals surface area contributed by atoms with Gasteiger partial charge in [0.05, 0.1) is 0 Å². The lowest BCUT2D eigenvalue weighted by Gasteiger charge is -2.26. The van der Waals surface area contributed by atoms with E-state index in [4.69, 9.17) is 28.7 Å². The van der Waals surface area contributed by atoms with Gasteiger partial charge in [0.2, 0.25) is 11.3 Å². The van der Waals surface area contributed by atoms with Gasteiger partial charge in [0.15, 0.2) is 0 Å². The highest BCUT2D eigenvalue weighted by Gasteiger charge is 2.34. The molecule has 26 heavy (non-hydrogen) atoms.